The van der Waals surface area contributed by atoms with E-state index in [9.17, 15) is 9.59 Å². The van der Waals surface area contributed by atoms with Gasteiger partial charge in [-0.25, -0.2) is 0 Å². The number of benzene rings is 1. The van der Waals surface area contributed by atoms with E-state index in [0.29, 0.717) is 12.2 Å². The molecule has 2 N–H and O–H groups in total. The molecule has 5 heteroatoms. The molecule has 0 bridgehead atoms. The molecule has 19 heavy (non-hydrogen) atoms. The van der Waals surface area contributed by atoms with Crippen LogP contribution in [0.5, 0.6) is 0 Å². The van der Waals surface area contributed by atoms with Crippen molar-refractivity contribution >= 4 is 29.3 Å². The highest BCUT2D eigenvalue weighted by Crippen LogP contribution is 2.32. The van der Waals surface area contributed by atoms with E-state index in [1.165, 1.54) is 17.3 Å². The average Bonchev–Trinajstić information content (AvgIpc) is 2.70. The summed E-state index contributed by atoms with van der Waals surface area (Å²) in [4.78, 5) is 24.8. The summed E-state index contributed by atoms with van der Waals surface area (Å²) in [7, 11) is 0. The SMILES string of the molecule is CC1Cc2ccccc2N1C(=O)CCSCC(N)=O. The van der Waals surface area contributed by atoms with Crippen molar-refractivity contribution in [2.45, 2.75) is 25.8 Å². The summed E-state index contributed by atoms with van der Waals surface area (Å²) in [5, 5.41) is 0. The van der Waals surface area contributed by atoms with Crippen LogP contribution in [-0.2, 0) is 16.0 Å². The first-order valence-corrected chi connectivity index (χ1v) is 7.51. The van der Waals surface area contributed by atoms with Crippen LogP contribution in [0.3, 0.4) is 0 Å². The van der Waals surface area contributed by atoms with E-state index >= 15 is 0 Å². The highest BCUT2D eigenvalue weighted by atomic mass is 32.2. The van der Waals surface area contributed by atoms with Gasteiger partial charge in [-0.15, -0.1) is 0 Å². The van der Waals surface area contributed by atoms with Crippen LogP contribution >= 0.6 is 11.8 Å². The van der Waals surface area contributed by atoms with Crippen LogP contribution in [0.2, 0.25) is 0 Å². The van der Waals surface area contributed by atoms with Gasteiger partial charge in [0.15, 0.2) is 0 Å². The number of hydrogen-bond acceptors (Lipinski definition) is 3. The third-order valence-corrected chi connectivity index (χ3v) is 4.16. The summed E-state index contributed by atoms with van der Waals surface area (Å²) >= 11 is 1.41. The lowest BCUT2D eigenvalue weighted by molar-refractivity contribution is -0.118. The number of nitrogens with zero attached hydrogens (tertiary/aromatic N) is 1. The molecule has 1 unspecified atom stereocenters. The molecule has 0 fully saturated rings. The van der Waals surface area contributed by atoms with Gasteiger partial charge in [-0.1, -0.05) is 18.2 Å². The van der Waals surface area contributed by atoms with E-state index < -0.39 is 0 Å². The Labute approximate surface area is 117 Å². The maximum absolute atomic E-state index is 12.3. The predicted molar refractivity (Wildman–Crippen MR) is 78.2 cm³/mol. The molecule has 0 saturated heterocycles. The van der Waals surface area contributed by atoms with Crippen LogP contribution < -0.4 is 10.6 Å². The number of rotatable bonds is 5. The van der Waals surface area contributed by atoms with E-state index in [4.69, 9.17) is 5.73 Å². The monoisotopic (exact) mass is 278 g/mol. The number of primary amides is 1. The van der Waals surface area contributed by atoms with Gasteiger partial charge in [-0.3, -0.25) is 9.59 Å². The first kappa shape index (κ1) is 13.9. The lowest BCUT2D eigenvalue weighted by atomic mass is 10.1. The topological polar surface area (TPSA) is 63.4 Å². The first-order valence-electron chi connectivity index (χ1n) is 6.35. The van der Waals surface area contributed by atoms with E-state index in [1.54, 1.807) is 0 Å². The molecule has 1 heterocycles. The van der Waals surface area contributed by atoms with E-state index in [-0.39, 0.29) is 23.6 Å². The van der Waals surface area contributed by atoms with Gasteiger partial charge in [0, 0.05) is 23.9 Å². The lowest BCUT2D eigenvalue weighted by Crippen LogP contribution is -2.35. The second kappa shape index (κ2) is 6.10. The number of carbonyl (C=O) groups excluding carboxylic acids is 2. The molecule has 1 aliphatic rings. The van der Waals surface area contributed by atoms with Gasteiger partial charge in [0.2, 0.25) is 11.8 Å². The lowest BCUT2D eigenvalue weighted by Gasteiger charge is -2.22. The normalized spacial score (nSPS) is 17.3. The van der Waals surface area contributed by atoms with Gasteiger partial charge in [-0.05, 0) is 25.0 Å². The fourth-order valence-electron chi connectivity index (χ4n) is 2.40. The third kappa shape index (κ3) is 3.29. The van der Waals surface area contributed by atoms with Crippen molar-refractivity contribution in [2.24, 2.45) is 5.73 Å². The van der Waals surface area contributed by atoms with Gasteiger partial charge in [0.1, 0.15) is 0 Å². The third-order valence-electron chi connectivity index (χ3n) is 3.18. The minimum atomic E-state index is -0.336. The van der Waals surface area contributed by atoms with Gasteiger partial charge in [0.05, 0.1) is 5.75 Å². The number of fused-ring (bicyclic) bond motifs is 1. The second-order valence-corrected chi connectivity index (χ2v) is 5.82. The Morgan fingerprint density at radius 3 is 2.89 bits per heavy atom. The molecular weight excluding hydrogens is 260 g/mol. The number of thioether (sulfide) groups is 1. The van der Waals surface area contributed by atoms with E-state index in [0.717, 1.165) is 12.1 Å². The van der Waals surface area contributed by atoms with Gasteiger partial charge >= 0.3 is 0 Å². The minimum absolute atomic E-state index is 0.120. The minimum Gasteiger partial charge on any atom is -0.369 e. The quantitative estimate of drug-likeness (QED) is 0.832. The Balaban J connectivity index is 1.94. The van der Waals surface area contributed by atoms with Crippen LogP contribution in [0, 0.1) is 0 Å². The van der Waals surface area contributed by atoms with Crippen molar-refractivity contribution < 1.29 is 9.59 Å². The fraction of sp³-hybridized carbons (Fsp3) is 0.429. The Morgan fingerprint density at radius 1 is 1.42 bits per heavy atom. The summed E-state index contributed by atoms with van der Waals surface area (Å²) < 4.78 is 0. The molecule has 0 saturated carbocycles. The van der Waals surface area contributed by atoms with Crippen LogP contribution in [0.15, 0.2) is 24.3 Å². The fourth-order valence-corrected chi connectivity index (χ4v) is 3.06. The van der Waals surface area contributed by atoms with Crippen LogP contribution in [0.25, 0.3) is 0 Å². The molecule has 1 aromatic rings. The molecule has 0 spiro atoms. The molecular formula is C14H18N2O2S. The van der Waals surface area contributed by atoms with E-state index in [1.807, 2.05) is 23.1 Å². The number of anilines is 1. The van der Waals surface area contributed by atoms with Crippen molar-refractivity contribution in [3.05, 3.63) is 29.8 Å². The Morgan fingerprint density at radius 2 is 2.16 bits per heavy atom. The van der Waals surface area contributed by atoms with Gasteiger partial charge in [-0.2, -0.15) is 11.8 Å². The Hall–Kier alpha value is -1.49. The highest BCUT2D eigenvalue weighted by molar-refractivity contribution is 7.99. The number of amides is 2. The zero-order chi connectivity index (χ0) is 13.8. The van der Waals surface area contributed by atoms with Crippen LogP contribution in [0.4, 0.5) is 5.69 Å². The molecule has 0 aliphatic carbocycles. The van der Waals surface area contributed by atoms with Crippen molar-refractivity contribution in [1.82, 2.24) is 0 Å². The summed E-state index contributed by atoms with van der Waals surface area (Å²) in [6.45, 7) is 2.06. The van der Waals surface area contributed by atoms with Crippen molar-refractivity contribution in [1.29, 1.82) is 0 Å². The summed E-state index contributed by atoms with van der Waals surface area (Å²) in [6.07, 6.45) is 1.35. The van der Waals surface area contributed by atoms with Crippen molar-refractivity contribution in [3.63, 3.8) is 0 Å². The van der Waals surface area contributed by atoms with Crippen molar-refractivity contribution in [2.75, 3.05) is 16.4 Å². The maximum atomic E-state index is 12.3. The van der Waals surface area contributed by atoms with Gasteiger partial charge < -0.3 is 10.6 Å². The number of hydrogen-bond donors (Lipinski definition) is 1. The van der Waals surface area contributed by atoms with Crippen LogP contribution in [-0.4, -0.2) is 29.4 Å². The number of carbonyl (C=O) groups is 2. The van der Waals surface area contributed by atoms with Crippen molar-refractivity contribution in [3.8, 4) is 0 Å². The Kier molecular flexibility index (Phi) is 4.47. The molecule has 1 atom stereocenters. The van der Waals surface area contributed by atoms with E-state index in [2.05, 4.69) is 13.0 Å². The largest absolute Gasteiger partial charge is 0.369 e. The zero-order valence-electron chi connectivity index (χ0n) is 11.0. The molecule has 0 radical (unpaired) electrons. The summed E-state index contributed by atoms with van der Waals surface area (Å²) in [5.74, 6) is 0.693. The molecule has 102 valence electrons. The summed E-state index contributed by atoms with van der Waals surface area (Å²) in [5.41, 5.74) is 7.32. The van der Waals surface area contributed by atoms with Crippen LogP contribution in [0.1, 0.15) is 18.9 Å². The first-order chi connectivity index (χ1) is 9.09. The molecule has 0 aromatic heterocycles. The van der Waals surface area contributed by atoms with Gasteiger partial charge in [0.25, 0.3) is 0 Å². The molecule has 1 aromatic carbocycles. The molecule has 4 nitrogen and oxygen atoms in total. The molecule has 2 amide bonds. The molecule has 2 rings (SSSR count). The summed E-state index contributed by atoms with van der Waals surface area (Å²) in [6, 6.07) is 8.24. The Bertz CT molecular complexity index is 490. The second-order valence-electron chi connectivity index (χ2n) is 4.71. The standard InChI is InChI=1S/C14H18N2O2S/c1-10-8-11-4-2-3-5-12(11)16(10)14(18)6-7-19-9-13(15)17/h2-5,10H,6-9H2,1H3,(H2,15,17). The average molecular weight is 278 g/mol. The number of para-hydroxylation sites is 1. The number of nitrogens with two attached hydrogens (primary N) is 1. The molecule has 1 aliphatic heterocycles. The highest BCUT2D eigenvalue weighted by Gasteiger charge is 2.29. The predicted octanol–water partition coefficient (Wildman–Crippen LogP) is 1.57. The zero-order valence-corrected chi connectivity index (χ0v) is 11.8. The maximum Gasteiger partial charge on any atom is 0.228 e. The smallest absolute Gasteiger partial charge is 0.228 e.